The second-order valence-electron chi connectivity index (χ2n) is 11.0. The minimum absolute atomic E-state index is 0.156. The summed E-state index contributed by atoms with van der Waals surface area (Å²) in [4.78, 5) is 24.1. The van der Waals surface area contributed by atoms with Crippen molar-refractivity contribution >= 4 is 17.5 Å². The van der Waals surface area contributed by atoms with Gasteiger partial charge >= 0.3 is 0 Å². The molecular formula is C28H36N6O2. The second kappa shape index (κ2) is 10.0. The SMILES string of the molecule is Cn1cc(Nc2nccc(-c3ccc4c(c3)CCCC[C@@H]4CC(=O)N3CC(OC(C)(C)C)C3)n2)cn1. The third-order valence-corrected chi connectivity index (χ3v) is 6.89. The molecule has 1 aromatic carbocycles. The predicted octanol–water partition coefficient (Wildman–Crippen LogP) is 4.85. The maximum atomic E-state index is 13.0. The zero-order valence-corrected chi connectivity index (χ0v) is 21.7. The number of aryl methyl sites for hydroxylation is 2. The van der Waals surface area contributed by atoms with Crippen LogP contribution in [0.5, 0.6) is 0 Å². The van der Waals surface area contributed by atoms with Crippen molar-refractivity contribution in [3.05, 3.63) is 54.0 Å². The summed E-state index contributed by atoms with van der Waals surface area (Å²) in [6.07, 6.45) is 10.5. The predicted molar refractivity (Wildman–Crippen MR) is 140 cm³/mol. The lowest BCUT2D eigenvalue weighted by molar-refractivity contribution is -0.157. The first kappa shape index (κ1) is 24.4. The third-order valence-electron chi connectivity index (χ3n) is 6.89. The zero-order chi connectivity index (χ0) is 25.3. The number of rotatable bonds is 6. The molecule has 1 amide bonds. The van der Waals surface area contributed by atoms with E-state index in [-0.39, 0.29) is 23.5 Å². The number of nitrogens with one attached hydrogen (secondary N) is 1. The summed E-state index contributed by atoms with van der Waals surface area (Å²) in [6, 6.07) is 8.54. The summed E-state index contributed by atoms with van der Waals surface area (Å²) in [6.45, 7) is 7.60. The molecule has 3 aromatic rings. The van der Waals surface area contributed by atoms with Crippen LogP contribution in [0.15, 0.2) is 42.9 Å². The quantitative estimate of drug-likeness (QED) is 0.500. The maximum Gasteiger partial charge on any atom is 0.227 e. The van der Waals surface area contributed by atoms with Crippen LogP contribution in [0.25, 0.3) is 11.3 Å². The molecule has 36 heavy (non-hydrogen) atoms. The Kier molecular flexibility index (Phi) is 6.79. The number of carbonyl (C=O) groups excluding carboxylic acids is 1. The lowest BCUT2D eigenvalue weighted by atomic mass is 9.88. The minimum Gasteiger partial charge on any atom is -0.369 e. The summed E-state index contributed by atoms with van der Waals surface area (Å²) < 4.78 is 7.74. The van der Waals surface area contributed by atoms with Gasteiger partial charge in [0.1, 0.15) is 0 Å². The number of benzene rings is 1. The average molecular weight is 489 g/mol. The van der Waals surface area contributed by atoms with Crippen molar-refractivity contribution in [1.82, 2.24) is 24.6 Å². The van der Waals surface area contributed by atoms with Gasteiger partial charge in [0.15, 0.2) is 0 Å². The van der Waals surface area contributed by atoms with Gasteiger partial charge in [0.25, 0.3) is 0 Å². The third kappa shape index (κ3) is 5.75. The first-order valence-electron chi connectivity index (χ1n) is 12.9. The summed E-state index contributed by atoms with van der Waals surface area (Å²) in [5, 5.41) is 7.40. The number of nitrogens with zero attached hydrogens (tertiary/aromatic N) is 5. The normalized spacial score (nSPS) is 18.3. The highest BCUT2D eigenvalue weighted by Crippen LogP contribution is 2.36. The van der Waals surface area contributed by atoms with Crippen molar-refractivity contribution in [3.8, 4) is 11.3 Å². The number of aromatic nitrogens is 4. The van der Waals surface area contributed by atoms with Gasteiger partial charge in [-0.2, -0.15) is 5.10 Å². The van der Waals surface area contributed by atoms with E-state index in [4.69, 9.17) is 9.72 Å². The fourth-order valence-corrected chi connectivity index (χ4v) is 5.20. The van der Waals surface area contributed by atoms with E-state index >= 15 is 0 Å². The van der Waals surface area contributed by atoms with Crippen LogP contribution in [0, 0.1) is 0 Å². The Morgan fingerprint density at radius 2 is 2.03 bits per heavy atom. The molecular weight excluding hydrogens is 452 g/mol. The minimum atomic E-state index is -0.170. The summed E-state index contributed by atoms with van der Waals surface area (Å²) in [7, 11) is 1.88. The number of fused-ring (bicyclic) bond motifs is 1. The van der Waals surface area contributed by atoms with Crippen molar-refractivity contribution in [3.63, 3.8) is 0 Å². The smallest absolute Gasteiger partial charge is 0.227 e. The first-order chi connectivity index (χ1) is 17.2. The van der Waals surface area contributed by atoms with Crippen LogP contribution >= 0.6 is 0 Å². The van der Waals surface area contributed by atoms with Gasteiger partial charge in [0, 0.05) is 44.5 Å². The number of likely N-dealkylation sites (tertiary alicyclic amines) is 1. The zero-order valence-electron chi connectivity index (χ0n) is 21.7. The highest BCUT2D eigenvalue weighted by atomic mass is 16.5. The lowest BCUT2D eigenvalue weighted by Gasteiger charge is -2.42. The van der Waals surface area contributed by atoms with Crippen LogP contribution in [-0.4, -0.2) is 55.4 Å². The van der Waals surface area contributed by atoms with Crippen molar-refractivity contribution in [1.29, 1.82) is 0 Å². The fourth-order valence-electron chi connectivity index (χ4n) is 5.20. The molecule has 1 atom stereocenters. The van der Waals surface area contributed by atoms with E-state index in [0.717, 1.165) is 42.6 Å². The first-order valence-corrected chi connectivity index (χ1v) is 12.9. The van der Waals surface area contributed by atoms with Gasteiger partial charge in [-0.3, -0.25) is 9.48 Å². The summed E-state index contributed by atoms with van der Waals surface area (Å²) in [5.41, 5.74) is 5.28. The van der Waals surface area contributed by atoms with Crippen LogP contribution in [0.1, 0.15) is 63.5 Å². The second-order valence-corrected chi connectivity index (χ2v) is 11.0. The van der Waals surface area contributed by atoms with Gasteiger partial charge in [-0.05, 0) is 69.2 Å². The number of hydrogen-bond acceptors (Lipinski definition) is 6. The summed E-state index contributed by atoms with van der Waals surface area (Å²) in [5.74, 6) is 1.05. The monoisotopic (exact) mass is 488 g/mol. The number of ether oxygens (including phenoxy) is 1. The Labute approximate surface area is 213 Å². The Bertz CT molecular complexity index is 1220. The molecule has 1 saturated heterocycles. The maximum absolute atomic E-state index is 13.0. The van der Waals surface area contributed by atoms with Crippen LogP contribution in [0.2, 0.25) is 0 Å². The van der Waals surface area contributed by atoms with Gasteiger partial charge in [-0.15, -0.1) is 0 Å². The molecule has 5 rings (SSSR count). The molecule has 2 aromatic heterocycles. The Hall–Kier alpha value is -3.26. The van der Waals surface area contributed by atoms with E-state index in [9.17, 15) is 4.79 Å². The topological polar surface area (TPSA) is 85.2 Å². The van der Waals surface area contributed by atoms with E-state index in [1.165, 1.54) is 11.1 Å². The van der Waals surface area contributed by atoms with Gasteiger partial charge in [-0.25, -0.2) is 9.97 Å². The highest BCUT2D eigenvalue weighted by molar-refractivity contribution is 5.78. The standard InChI is InChI=1S/C28H36N6O2/c1-28(2,3)36-23-17-34(18-23)26(35)14-20-8-6-5-7-19-13-21(9-10-24(19)20)25-11-12-29-27(32-25)31-22-15-30-33(4)16-22/h9-13,15-16,20,23H,5-8,14,17-18H2,1-4H3,(H,29,31,32)/t20-/m1/s1. The molecule has 0 spiro atoms. The van der Waals surface area contributed by atoms with E-state index in [1.807, 2.05) is 24.2 Å². The van der Waals surface area contributed by atoms with Crippen molar-refractivity contribution in [2.45, 2.75) is 70.5 Å². The van der Waals surface area contributed by atoms with E-state index in [2.05, 4.69) is 54.4 Å². The van der Waals surface area contributed by atoms with E-state index in [1.54, 1.807) is 17.1 Å². The van der Waals surface area contributed by atoms with Crippen LogP contribution < -0.4 is 5.32 Å². The van der Waals surface area contributed by atoms with Crippen molar-refractivity contribution < 1.29 is 9.53 Å². The van der Waals surface area contributed by atoms with Crippen LogP contribution in [0.4, 0.5) is 11.6 Å². The largest absolute Gasteiger partial charge is 0.369 e. The molecule has 0 unspecified atom stereocenters. The molecule has 190 valence electrons. The van der Waals surface area contributed by atoms with Gasteiger partial charge in [-0.1, -0.05) is 18.6 Å². The van der Waals surface area contributed by atoms with Crippen LogP contribution in [0.3, 0.4) is 0 Å². The molecule has 3 heterocycles. The molecule has 1 N–H and O–H groups in total. The Morgan fingerprint density at radius 1 is 1.19 bits per heavy atom. The lowest BCUT2D eigenvalue weighted by Crippen LogP contribution is -2.56. The van der Waals surface area contributed by atoms with Gasteiger partial charge in [0.2, 0.25) is 11.9 Å². The molecule has 8 heteroatoms. The summed E-state index contributed by atoms with van der Waals surface area (Å²) >= 11 is 0. The van der Waals surface area contributed by atoms with Crippen LogP contribution in [-0.2, 0) is 23.0 Å². The fraction of sp³-hybridized carbons (Fsp3) is 0.500. The average Bonchev–Trinajstić information content (AvgIpc) is 3.10. The van der Waals surface area contributed by atoms with Gasteiger partial charge < -0.3 is 15.0 Å². The molecule has 0 bridgehead atoms. The number of anilines is 2. The van der Waals surface area contributed by atoms with Crippen molar-refractivity contribution in [2.24, 2.45) is 7.05 Å². The molecule has 0 radical (unpaired) electrons. The van der Waals surface area contributed by atoms with Gasteiger partial charge in [0.05, 0.1) is 29.3 Å². The molecule has 1 fully saturated rings. The molecule has 1 aliphatic carbocycles. The Morgan fingerprint density at radius 3 is 2.78 bits per heavy atom. The molecule has 8 nitrogen and oxygen atoms in total. The number of hydrogen-bond donors (Lipinski definition) is 1. The highest BCUT2D eigenvalue weighted by Gasteiger charge is 2.35. The number of carbonyl (C=O) groups is 1. The van der Waals surface area contributed by atoms with E-state index < -0.39 is 0 Å². The van der Waals surface area contributed by atoms with E-state index in [0.29, 0.717) is 25.5 Å². The molecule has 1 aliphatic heterocycles. The number of amides is 1. The Balaban J connectivity index is 1.28. The molecule has 0 saturated carbocycles. The molecule has 2 aliphatic rings. The van der Waals surface area contributed by atoms with Crippen molar-refractivity contribution in [2.75, 3.05) is 18.4 Å².